The monoisotopic (exact) mass is 345 g/mol. The Bertz CT molecular complexity index is 763. The number of hydrogen-bond acceptors (Lipinski definition) is 1. The maximum atomic E-state index is 13.4. The van der Waals surface area contributed by atoms with Gasteiger partial charge in [-0.1, -0.05) is 60.7 Å². The van der Waals surface area contributed by atoms with E-state index in [1.165, 1.54) is 24.3 Å². The number of carbonyl (C=O) groups excluding carboxylic acids is 1. The van der Waals surface area contributed by atoms with Gasteiger partial charge < -0.3 is 5.32 Å². The van der Waals surface area contributed by atoms with E-state index in [9.17, 15) is 18.0 Å². The molecule has 1 fully saturated rings. The lowest BCUT2D eigenvalue weighted by Gasteiger charge is -2.43. The van der Waals surface area contributed by atoms with E-state index in [1.54, 1.807) is 6.07 Å². The molecule has 130 valence electrons. The Morgan fingerprint density at radius 2 is 1.52 bits per heavy atom. The number of carbonyl (C=O) groups is 1. The normalized spacial score (nSPS) is 16.8. The number of allylic oxidation sites excluding steroid dienone is 1. The molecule has 1 N–H and O–H groups in total. The van der Waals surface area contributed by atoms with Crippen LogP contribution in [-0.4, -0.2) is 12.1 Å². The fourth-order valence-corrected chi connectivity index (χ4v) is 3.12. The van der Waals surface area contributed by atoms with Crippen LogP contribution in [0.15, 0.2) is 66.7 Å². The SMILES string of the molecule is O=C(/C=C(\c1ccccc1)C(F)(F)F)NC1(c2ccccc2)CCC1. The number of hydrogen-bond donors (Lipinski definition) is 1. The van der Waals surface area contributed by atoms with Crippen LogP contribution in [0.4, 0.5) is 13.2 Å². The Hall–Kier alpha value is -2.56. The quantitative estimate of drug-likeness (QED) is 0.790. The molecule has 5 heteroatoms. The van der Waals surface area contributed by atoms with Gasteiger partial charge in [-0.25, -0.2) is 0 Å². The molecule has 1 aliphatic rings. The molecular formula is C20H18F3NO. The number of halogens is 3. The second-order valence-electron chi connectivity index (χ2n) is 6.21. The third-order valence-electron chi connectivity index (χ3n) is 4.56. The highest BCUT2D eigenvalue weighted by Crippen LogP contribution is 2.41. The van der Waals surface area contributed by atoms with Crippen molar-refractivity contribution >= 4 is 11.5 Å². The third kappa shape index (κ3) is 3.76. The van der Waals surface area contributed by atoms with E-state index in [0.717, 1.165) is 24.8 Å². The zero-order valence-electron chi connectivity index (χ0n) is 13.5. The van der Waals surface area contributed by atoms with Gasteiger partial charge in [0.05, 0.1) is 11.1 Å². The average Bonchev–Trinajstić information content (AvgIpc) is 2.56. The van der Waals surface area contributed by atoms with Gasteiger partial charge in [0.2, 0.25) is 5.91 Å². The van der Waals surface area contributed by atoms with Crippen LogP contribution in [0.5, 0.6) is 0 Å². The van der Waals surface area contributed by atoms with Gasteiger partial charge in [-0.3, -0.25) is 4.79 Å². The van der Waals surface area contributed by atoms with Gasteiger partial charge >= 0.3 is 6.18 Å². The molecule has 0 heterocycles. The molecule has 3 rings (SSSR count). The molecule has 0 spiro atoms. The van der Waals surface area contributed by atoms with Crippen molar-refractivity contribution in [1.29, 1.82) is 0 Å². The van der Waals surface area contributed by atoms with Crippen molar-refractivity contribution in [2.75, 3.05) is 0 Å². The minimum atomic E-state index is -4.60. The molecule has 0 aliphatic heterocycles. The lowest BCUT2D eigenvalue weighted by molar-refractivity contribution is -0.120. The number of benzene rings is 2. The molecule has 0 unspecified atom stereocenters. The molecule has 2 aromatic rings. The molecule has 0 aromatic heterocycles. The summed E-state index contributed by atoms with van der Waals surface area (Å²) in [6, 6.07) is 16.8. The lowest BCUT2D eigenvalue weighted by atomic mass is 9.72. The summed E-state index contributed by atoms with van der Waals surface area (Å²) in [7, 11) is 0. The first kappa shape index (κ1) is 17.3. The lowest BCUT2D eigenvalue weighted by Crippen LogP contribution is -2.50. The summed E-state index contributed by atoms with van der Waals surface area (Å²) in [4.78, 5) is 12.4. The van der Waals surface area contributed by atoms with Gasteiger partial charge in [0.15, 0.2) is 0 Å². The summed E-state index contributed by atoms with van der Waals surface area (Å²) in [5.41, 5.74) is -0.598. The van der Waals surface area contributed by atoms with Crippen molar-refractivity contribution in [3.8, 4) is 0 Å². The van der Waals surface area contributed by atoms with E-state index in [-0.39, 0.29) is 5.56 Å². The first-order chi connectivity index (χ1) is 11.9. The average molecular weight is 345 g/mol. The Labute approximate surface area is 144 Å². The highest BCUT2D eigenvalue weighted by molar-refractivity contribution is 5.96. The summed E-state index contributed by atoms with van der Waals surface area (Å²) in [6.07, 6.45) is -1.55. The van der Waals surface area contributed by atoms with Gasteiger partial charge in [-0.15, -0.1) is 0 Å². The Balaban J connectivity index is 1.87. The van der Waals surface area contributed by atoms with Crippen LogP contribution in [0, 0.1) is 0 Å². The highest BCUT2D eigenvalue weighted by atomic mass is 19.4. The molecule has 0 radical (unpaired) electrons. The fourth-order valence-electron chi connectivity index (χ4n) is 3.12. The Kier molecular flexibility index (Phi) is 4.66. The van der Waals surface area contributed by atoms with Crippen molar-refractivity contribution in [1.82, 2.24) is 5.32 Å². The molecule has 25 heavy (non-hydrogen) atoms. The minimum Gasteiger partial charge on any atom is -0.343 e. The van der Waals surface area contributed by atoms with Crippen molar-refractivity contribution < 1.29 is 18.0 Å². The predicted molar refractivity (Wildman–Crippen MR) is 90.6 cm³/mol. The summed E-state index contributed by atoms with van der Waals surface area (Å²) < 4.78 is 40.1. The third-order valence-corrected chi connectivity index (χ3v) is 4.56. The Morgan fingerprint density at radius 3 is 2.00 bits per heavy atom. The number of amides is 1. The molecule has 2 aromatic carbocycles. The van der Waals surface area contributed by atoms with Gasteiger partial charge in [0, 0.05) is 6.08 Å². The zero-order chi connectivity index (χ0) is 17.9. The molecule has 2 nitrogen and oxygen atoms in total. The van der Waals surface area contributed by atoms with Crippen LogP contribution < -0.4 is 5.32 Å². The Morgan fingerprint density at radius 1 is 0.960 bits per heavy atom. The summed E-state index contributed by atoms with van der Waals surface area (Å²) in [5.74, 6) is -0.722. The van der Waals surface area contributed by atoms with Crippen molar-refractivity contribution in [3.63, 3.8) is 0 Å². The number of rotatable bonds is 4. The van der Waals surface area contributed by atoms with Crippen LogP contribution in [0.1, 0.15) is 30.4 Å². The van der Waals surface area contributed by atoms with Crippen LogP contribution in [-0.2, 0) is 10.3 Å². The van der Waals surface area contributed by atoms with E-state index in [1.807, 2.05) is 30.3 Å². The van der Waals surface area contributed by atoms with Crippen LogP contribution in [0.2, 0.25) is 0 Å². The first-order valence-corrected chi connectivity index (χ1v) is 8.13. The number of alkyl halides is 3. The van der Waals surface area contributed by atoms with E-state index in [2.05, 4.69) is 5.32 Å². The topological polar surface area (TPSA) is 29.1 Å². The second-order valence-corrected chi connectivity index (χ2v) is 6.21. The first-order valence-electron chi connectivity index (χ1n) is 8.13. The molecule has 0 atom stereocenters. The predicted octanol–water partition coefficient (Wildman–Crippen LogP) is 4.83. The minimum absolute atomic E-state index is 0.0208. The van der Waals surface area contributed by atoms with E-state index < -0.39 is 23.2 Å². The van der Waals surface area contributed by atoms with E-state index >= 15 is 0 Å². The van der Waals surface area contributed by atoms with Gasteiger partial charge in [-0.2, -0.15) is 13.2 Å². The molecule has 0 bridgehead atoms. The van der Waals surface area contributed by atoms with Crippen molar-refractivity contribution in [3.05, 3.63) is 77.9 Å². The van der Waals surface area contributed by atoms with Gasteiger partial charge in [-0.05, 0) is 30.4 Å². The standard InChI is InChI=1S/C20H18F3NO/c21-20(22,23)17(15-8-3-1-4-9-15)14-18(25)24-19(12-7-13-19)16-10-5-2-6-11-16/h1-6,8-11,14H,7,12-13H2,(H,24,25)/b17-14+. The maximum absolute atomic E-state index is 13.4. The largest absolute Gasteiger partial charge is 0.417 e. The van der Waals surface area contributed by atoms with Crippen LogP contribution >= 0.6 is 0 Å². The van der Waals surface area contributed by atoms with Gasteiger partial charge in [0.1, 0.15) is 0 Å². The van der Waals surface area contributed by atoms with Crippen LogP contribution in [0.3, 0.4) is 0 Å². The highest BCUT2D eigenvalue weighted by Gasteiger charge is 2.41. The smallest absolute Gasteiger partial charge is 0.343 e. The zero-order valence-corrected chi connectivity index (χ0v) is 13.5. The maximum Gasteiger partial charge on any atom is 0.417 e. The molecule has 0 saturated heterocycles. The molecular weight excluding hydrogens is 327 g/mol. The van der Waals surface area contributed by atoms with E-state index in [0.29, 0.717) is 6.08 Å². The summed E-state index contributed by atoms with van der Waals surface area (Å²) in [6.45, 7) is 0. The molecule has 1 aliphatic carbocycles. The number of nitrogens with one attached hydrogen (secondary N) is 1. The van der Waals surface area contributed by atoms with E-state index in [4.69, 9.17) is 0 Å². The van der Waals surface area contributed by atoms with Crippen molar-refractivity contribution in [2.24, 2.45) is 0 Å². The molecule has 1 amide bonds. The second kappa shape index (κ2) is 6.75. The van der Waals surface area contributed by atoms with Crippen LogP contribution in [0.25, 0.3) is 5.57 Å². The fraction of sp³-hybridized carbons (Fsp3) is 0.250. The van der Waals surface area contributed by atoms with Gasteiger partial charge in [0.25, 0.3) is 0 Å². The summed E-state index contributed by atoms with van der Waals surface area (Å²) in [5, 5.41) is 2.80. The summed E-state index contributed by atoms with van der Waals surface area (Å²) >= 11 is 0. The molecule has 1 saturated carbocycles. The van der Waals surface area contributed by atoms with Crippen molar-refractivity contribution in [2.45, 2.75) is 31.0 Å².